The lowest BCUT2D eigenvalue weighted by Gasteiger charge is -2.40. The van der Waals surface area contributed by atoms with E-state index in [9.17, 15) is 5.11 Å². The summed E-state index contributed by atoms with van der Waals surface area (Å²) in [5.41, 5.74) is 2.63. The van der Waals surface area contributed by atoms with Crippen LogP contribution in [0.2, 0.25) is 0 Å². The summed E-state index contributed by atoms with van der Waals surface area (Å²) in [6.45, 7) is 4.10. The number of nitrogens with zero attached hydrogens (tertiary/aromatic N) is 2. The Balaban J connectivity index is 1.74. The maximum atomic E-state index is 9.64. The minimum atomic E-state index is -0.643. The van der Waals surface area contributed by atoms with E-state index in [1.807, 2.05) is 0 Å². The molecule has 0 amide bonds. The van der Waals surface area contributed by atoms with Crippen molar-refractivity contribution in [2.45, 2.75) is 12.1 Å². The van der Waals surface area contributed by atoms with E-state index in [2.05, 4.69) is 70.5 Å². The summed E-state index contributed by atoms with van der Waals surface area (Å²) in [5, 5.41) is 18.7. The number of aliphatic hydroxyl groups excluding tert-OH is 2. The zero-order valence-electron chi connectivity index (χ0n) is 14.0. The summed E-state index contributed by atoms with van der Waals surface area (Å²) >= 11 is 0. The van der Waals surface area contributed by atoms with Gasteiger partial charge in [0.15, 0.2) is 0 Å². The molecule has 4 nitrogen and oxygen atoms in total. The van der Waals surface area contributed by atoms with Gasteiger partial charge in [0, 0.05) is 32.7 Å². The maximum Gasteiger partial charge on any atom is 0.0897 e. The monoisotopic (exact) mass is 326 g/mol. The van der Waals surface area contributed by atoms with Gasteiger partial charge in [0.1, 0.15) is 0 Å². The molecule has 128 valence electrons. The lowest BCUT2D eigenvalue weighted by atomic mass is 9.96. The lowest BCUT2D eigenvalue weighted by Crippen LogP contribution is -2.50. The van der Waals surface area contributed by atoms with E-state index in [-0.39, 0.29) is 12.6 Å². The van der Waals surface area contributed by atoms with Crippen molar-refractivity contribution >= 4 is 0 Å². The number of β-amino-alcohol motifs (C(OH)–C–C–N with tert-alkyl or cyclic N) is 1. The molecule has 0 saturated carbocycles. The smallest absolute Gasteiger partial charge is 0.0897 e. The highest BCUT2D eigenvalue weighted by atomic mass is 16.3. The molecular weight excluding hydrogens is 300 g/mol. The third-order valence-electron chi connectivity index (χ3n) is 4.68. The van der Waals surface area contributed by atoms with Crippen LogP contribution in [0.4, 0.5) is 0 Å². The fourth-order valence-electron chi connectivity index (χ4n) is 3.44. The van der Waals surface area contributed by atoms with Crippen LogP contribution in [0, 0.1) is 0 Å². The maximum absolute atomic E-state index is 9.64. The molecular formula is C20H26N2O2. The number of hydrogen-bond acceptors (Lipinski definition) is 4. The van der Waals surface area contributed by atoms with E-state index in [0.717, 1.165) is 26.2 Å². The van der Waals surface area contributed by atoms with Gasteiger partial charge in [0.25, 0.3) is 0 Å². The summed E-state index contributed by atoms with van der Waals surface area (Å²) in [7, 11) is 0. The van der Waals surface area contributed by atoms with Crippen LogP contribution in [0.1, 0.15) is 17.2 Å². The summed E-state index contributed by atoms with van der Waals surface area (Å²) in [6.07, 6.45) is -0.643. The Morgan fingerprint density at radius 2 is 1.29 bits per heavy atom. The van der Waals surface area contributed by atoms with Gasteiger partial charge in [0.2, 0.25) is 0 Å². The van der Waals surface area contributed by atoms with Crippen LogP contribution >= 0.6 is 0 Å². The zero-order valence-corrected chi connectivity index (χ0v) is 14.0. The van der Waals surface area contributed by atoms with Crippen LogP contribution in [0.5, 0.6) is 0 Å². The number of rotatable bonds is 6. The Labute approximate surface area is 144 Å². The predicted octanol–water partition coefficient (Wildman–Crippen LogP) is 1.75. The summed E-state index contributed by atoms with van der Waals surface area (Å²) in [5.74, 6) is 0. The van der Waals surface area contributed by atoms with Gasteiger partial charge in [-0.15, -0.1) is 0 Å². The quantitative estimate of drug-likeness (QED) is 0.849. The zero-order chi connectivity index (χ0) is 16.8. The summed E-state index contributed by atoms with van der Waals surface area (Å²) < 4.78 is 0. The number of benzene rings is 2. The first-order chi connectivity index (χ1) is 11.8. The van der Waals surface area contributed by atoms with Crippen LogP contribution in [0.3, 0.4) is 0 Å². The molecule has 1 aliphatic heterocycles. The topological polar surface area (TPSA) is 46.9 Å². The van der Waals surface area contributed by atoms with E-state index >= 15 is 0 Å². The average Bonchev–Trinajstić information content (AvgIpc) is 2.65. The van der Waals surface area contributed by atoms with Crippen LogP contribution in [0.15, 0.2) is 60.7 Å². The van der Waals surface area contributed by atoms with Crippen LogP contribution < -0.4 is 0 Å². The molecule has 24 heavy (non-hydrogen) atoms. The Hall–Kier alpha value is -1.72. The van der Waals surface area contributed by atoms with Crippen molar-refractivity contribution in [2.24, 2.45) is 0 Å². The molecule has 2 aromatic carbocycles. The number of piperazine rings is 1. The fraction of sp³-hybridized carbons (Fsp3) is 0.400. The van der Waals surface area contributed by atoms with Crippen molar-refractivity contribution in [3.05, 3.63) is 71.8 Å². The van der Waals surface area contributed by atoms with Crippen molar-refractivity contribution < 1.29 is 10.2 Å². The lowest BCUT2D eigenvalue weighted by molar-refractivity contribution is 0.0343. The normalized spacial score (nSPS) is 18.0. The highest BCUT2D eigenvalue weighted by Gasteiger charge is 2.26. The first kappa shape index (κ1) is 17.1. The van der Waals surface area contributed by atoms with Crippen molar-refractivity contribution in [2.75, 3.05) is 39.3 Å². The second-order valence-corrected chi connectivity index (χ2v) is 6.40. The molecule has 1 aliphatic rings. The molecule has 1 heterocycles. The largest absolute Gasteiger partial charge is 0.394 e. The van der Waals surface area contributed by atoms with E-state index in [1.165, 1.54) is 11.1 Å². The van der Waals surface area contributed by atoms with Crippen molar-refractivity contribution in [1.29, 1.82) is 0 Å². The van der Waals surface area contributed by atoms with Crippen LogP contribution in [-0.2, 0) is 0 Å². The van der Waals surface area contributed by atoms with Gasteiger partial charge in [-0.3, -0.25) is 9.80 Å². The molecule has 1 atom stereocenters. The standard InChI is InChI=1S/C20H26N2O2/c23-16-19(24)15-21-11-13-22(14-12-21)20(17-7-3-1-4-8-17)18-9-5-2-6-10-18/h1-10,19-20,23-24H,11-16H2/t19-/m1/s1. The molecule has 4 heteroatoms. The first-order valence-electron chi connectivity index (χ1n) is 8.63. The molecule has 0 aromatic heterocycles. The molecule has 2 aromatic rings. The van der Waals surface area contributed by atoms with Crippen molar-refractivity contribution in [3.8, 4) is 0 Å². The predicted molar refractivity (Wildman–Crippen MR) is 95.8 cm³/mol. The first-order valence-corrected chi connectivity index (χ1v) is 8.63. The molecule has 0 radical (unpaired) electrons. The van der Waals surface area contributed by atoms with Gasteiger partial charge < -0.3 is 10.2 Å². The molecule has 3 rings (SSSR count). The van der Waals surface area contributed by atoms with Gasteiger partial charge in [-0.1, -0.05) is 60.7 Å². The van der Waals surface area contributed by atoms with E-state index in [0.29, 0.717) is 6.54 Å². The summed E-state index contributed by atoms with van der Waals surface area (Å²) in [4.78, 5) is 4.73. The van der Waals surface area contributed by atoms with Crippen LogP contribution in [0.25, 0.3) is 0 Å². The van der Waals surface area contributed by atoms with Gasteiger partial charge in [-0.2, -0.15) is 0 Å². The molecule has 1 saturated heterocycles. The molecule has 1 fully saturated rings. The Kier molecular flexibility index (Phi) is 5.99. The van der Waals surface area contributed by atoms with Gasteiger partial charge in [-0.25, -0.2) is 0 Å². The average molecular weight is 326 g/mol. The Morgan fingerprint density at radius 1 is 0.792 bits per heavy atom. The van der Waals surface area contributed by atoms with Crippen molar-refractivity contribution in [1.82, 2.24) is 9.80 Å². The van der Waals surface area contributed by atoms with Crippen LogP contribution in [-0.4, -0.2) is 65.4 Å². The minimum Gasteiger partial charge on any atom is -0.394 e. The highest BCUT2D eigenvalue weighted by Crippen LogP contribution is 2.29. The second-order valence-electron chi connectivity index (χ2n) is 6.40. The molecule has 0 unspecified atom stereocenters. The highest BCUT2D eigenvalue weighted by molar-refractivity contribution is 5.31. The molecule has 0 bridgehead atoms. The molecule has 0 spiro atoms. The molecule has 0 aliphatic carbocycles. The van der Waals surface area contributed by atoms with E-state index < -0.39 is 6.10 Å². The van der Waals surface area contributed by atoms with E-state index in [4.69, 9.17) is 5.11 Å². The SMILES string of the molecule is OC[C@H](O)CN1CCN(C(c2ccccc2)c2ccccc2)CC1. The minimum absolute atomic E-state index is 0.170. The second kappa shape index (κ2) is 8.40. The van der Waals surface area contributed by atoms with Gasteiger partial charge in [-0.05, 0) is 11.1 Å². The third kappa shape index (κ3) is 4.22. The van der Waals surface area contributed by atoms with Gasteiger partial charge in [0.05, 0.1) is 18.8 Å². The number of aliphatic hydroxyl groups is 2. The Morgan fingerprint density at radius 3 is 1.75 bits per heavy atom. The third-order valence-corrected chi connectivity index (χ3v) is 4.68. The fourth-order valence-corrected chi connectivity index (χ4v) is 3.44. The summed E-state index contributed by atoms with van der Waals surface area (Å²) in [6, 6.07) is 21.5. The Bertz CT molecular complexity index is 558. The number of hydrogen-bond donors (Lipinski definition) is 2. The van der Waals surface area contributed by atoms with E-state index in [1.54, 1.807) is 0 Å². The van der Waals surface area contributed by atoms with Gasteiger partial charge >= 0.3 is 0 Å². The molecule has 2 N–H and O–H groups in total. The van der Waals surface area contributed by atoms with Crippen molar-refractivity contribution in [3.63, 3.8) is 0 Å².